The van der Waals surface area contributed by atoms with Gasteiger partial charge in [0.25, 0.3) is 0 Å². The van der Waals surface area contributed by atoms with Crippen molar-refractivity contribution in [3.05, 3.63) is 155 Å². The van der Waals surface area contributed by atoms with Gasteiger partial charge >= 0.3 is 37.7 Å². The fraction of sp³-hybridized carbons (Fsp3) is 0.188. The number of benzene rings is 4. The Bertz CT molecular complexity index is 826. The maximum absolute atomic E-state index is 2.22. The predicted octanol–water partition coefficient (Wildman–Crippen LogP) is 2.54. The SMILES string of the molecule is CCCC.[Li+].[Li+].[Li].c1ccc([C-](CC[C-](c2ccccc2)c2ccccc2)c2ccccc2)cc1. The Morgan fingerprint density at radius 3 is 0.771 bits per heavy atom. The molecule has 0 fully saturated rings. The third-order valence-electron chi connectivity index (χ3n) is 5.61. The summed E-state index contributed by atoms with van der Waals surface area (Å²) < 4.78 is 0. The van der Waals surface area contributed by atoms with Crippen molar-refractivity contribution in [2.45, 2.75) is 39.5 Å². The molecule has 0 bridgehead atoms. The number of hydrogen-bond acceptors (Lipinski definition) is 0. The van der Waals surface area contributed by atoms with Crippen LogP contribution >= 0.6 is 0 Å². The Hall–Kier alpha value is -1.59. The average molecular weight is 439 g/mol. The van der Waals surface area contributed by atoms with E-state index in [-0.39, 0.29) is 56.6 Å². The molecule has 4 aromatic carbocycles. The van der Waals surface area contributed by atoms with E-state index in [1.807, 2.05) is 0 Å². The Kier molecular flexibility index (Phi) is 18.7. The fourth-order valence-electron chi connectivity index (χ4n) is 3.72. The van der Waals surface area contributed by atoms with Crippen LogP contribution in [0.15, 0.2) is 121 Å². The zero-order chi connectivity index (χ0) is 22.4. The van der Waals surface area contributed by atoms with Gasteiger partial charge in [-0.25, -0.2) is 0 Å². The molecule has 0 heterocycles. The zero-order valence-corrected chi connectivity index (χ0v) is 22.4. The predicted molar refractivity (Wildman–Crippen MR) is 144 cm³/mol. The number of unbranched alkanes of at least 4 members (excludes halogenated alkanes) is 1. The molecule has 0 aliphatic heterocycles. The van der Waals surface area contributed by atoms with E-state index in [0.29, 0.717) is 0 Å². The maximum atomic E-state index is 2.22. The molecule has 0 saturated heterocycles. The zero-order valence-electron chi connectivity index (χ0n) is 22.4. The van der Waals surface area contributed by atoms with Crippen LogP contribution in [-0.2, 0) is 0 Å². The van der Waals surface area contributed by atoms with Crippen LogP contribution in [-0.4, -0.2) is 18.9 Å². The van der Waals surface area contributed by atoms with E-state index in [4.69, 9.17) is 0 Å². The molecule has 0 N–H and O–H groups in total. The van der Waals surface area contributed by atoms with Gasteiger partial charge in [-0.3, -0.25) is 0 Å². The fourth-order valence-corrected chi connectivity index (χ4v) is 3.72. The van der Waals surface area contributed by atoms with Crippen molar-refractivity contribution < 1.29 is 37.7 Å². The molecule has 0 saturated carbocycles. The molecule has 1 radical (unpaired) electrons. The minimum absolute atomic E-state index is 0. The molecule has 0 spiro atoms. The van der Waals surface area contributed by atoms with Gasteiger partial charge in [0.1, 0.15) is 0 Å². The maximum Gasteiger partial charge on any atom is 1.00 e. The molecule has 35 heavy (non-hydrogen) atoms. The van der Waals surface area contributed by atoms with Gasteiger partial charge in [-0.1, -0.05) is 112 Å². The third-order valence-corrected chi connectivity index (χ3v) is 5.61. The summed E-state index contributed by atoms with van der Waals surface area (Å²) in [7, 11) is 0. The molecule has 165 valence electrons. The molecule has 0 aliphatic rings. The normalized spacial score (nSPS) is 9.20. The second kappa shape index (κ2) is 19.6. The quantitative estimate of drug-likeness (QED) is 0.293. The summed E-state index contributed by atoms with van der Waals surface area (Å²) in [6.45, 7) is 4.36. The van der Waals surface area contributed by atoms with E-state index in [0.717, 1.165) is 12.8 Å². The van der Waals surface area contributed by atoms with Crippen molar-refractivity contribution in [1.29, 1.82) is 0 Å². The van der Waals surface area contributed by atoms with Gasteiger partial charge in [0.15, 0.2) is 0 Å². The first-order chi connectivity index (χ1) is 15.8. The first-order valence-electron chi connectivity index (χ1n) is 11.8. The molecule has 0 nitrogen and oxygen atoms in total. The topological polar surface area (TPSA) is 0 Å². The molecule has 4 aromatic rings. The number of hydrogen-bond donors (Lipinski definition) is 0. The Balaban J connectivity index is 0.00000154. The van der Waals surface area contributed by atoms with E-state index in [9.17, 15) is 0 Å². The van der Waals surface area contributed by atoms with E-state index < -0.39 is 0 Å². The van der Waals surface area contributed by atoms with Gasteiger partial charge < -0.3 is 0 Å². The first kappa shape index (κ1) is 33.4. The summed E-state index contributed by atoms with van der Waals surface area (Å²) in [6.07, 6.45) is 4.63. The van der Waals surface area contributed by atoms with Crippen molar-refractivity contribution in [3.8, 4) is 0 Å². The average Bonchev–Trinajstić information content (AvgIpc) is 2.89. The summed E-state index contributed by atoms with van der Waals surface area (Å²) in [4.78, 5) is 0. The summed E-state index contributed by atoms with van der Waals surface area (Å²) in [5.41, 5.74) is 5.20. The molecule has 4 rings (SSSR count). The standard InChI is InChI=1S/C28H24.C4H10.3Li/c1-5-13-23(14-6-1)27(24-15-7-2-8-16-24)21-22-28(25-17-9-3-10-18-25)26-19-11-4-12-20-26;1-3-4-2;;;/h1-20H,21-22H2;3-4H2,1-2H3;;;/q-2;;;2*+1. The van der Waals surface area contributed by atoms with Crippen LogP contribution < -0.4 is 37.7 Å². The number of rotatable bonds is 8. The van der Waals surface area contributed by atoms with Gasteiger partial charge in [0, 0.05) is 18.9 Å². The van der Waals surface area contributed by atoms with Crippen LogP contribution in [0.2, 0.25) is 0 Å². The second-order valence-electron chi connectivity index (χ2n) is 7.92. The van der Waals surface area contributed by atoms with Crippen LogP contribution in [0.25, 0.3) is 0 Å². The molecule has 0 aromatic heterocycles. The van der Waals surface area contributed by atoms with Crippen LogP contribution in [0, 0.1) is 11.8 Å². The van der Waals surface area contributed by atoms with Gasteiger partial charge in [0.05, 0.1) is 0 Å². The van der Waals surface area contributed by atoms with Crippen LogP contribution in [0.4, 0.5) is 0 Å². The van der Waals surface area contributed by atoms with Crippen molar-refractivity contribution in [2.24, 2.45) is 0 Å². The minimum atomic E-state index is 0. The summed E-state index contributed by atoms with van der Waals surface area (Å²) in [6, 6.07) is 43.0. The van der Waals surface area contributed by atoms with E-state index >= 15 is 0 Å². The summed E-state index contributed by atoms with van der Waals surface area (Å²) in [5.74, 6) is 2.79. The Morgan fingerprint density at radius 1 is 0.400 bits per heavy atom. The summed E-state index contributed by atoms with van der Waals surface area (Å²) >= 11 is 0. The molecule has 0 aliphatic carbocycles. The van der Waals surface area contributed by atoms with Crippen molar-refractivity contribution >= 4 is 18.9 Å². The van der Waals surface area contributed by atoms with Crippen LogP contribution in [0.3, 0.4) is 0 Å². The van der Waals surface area contributed by atoms with Gasteiger partial charge in [0.2, 0.25) is 0 Å². The Morgan fingerprint density at radius 2 is 0.600 bits per heavy atom. The molecular formula is C32H34Li3. The van der Waals surface area contributed by atoms with Crippen LogP contribution in [0.5, 0.6) is 0 Å². The molecule has 0 atom stereocenters. The smallest absolute Gasteiger partial charge is 0.120 e. The van der Waals surface area contributed by atoms with Gasteiger partial charge in [-0.15, -0.1) is 82.6 Å². The van der Waals surface area contributed by atoms with Gasteiger partial charge in [-0.05, 0) is 0 Å². The van der Waals surface area contributed by atoms with Gasteiger partial charge in [-0.2, -0.15) is 0 Å². The van der Waals surface area contributed by atoms with E-state index in [1.54, 1.807) is 0 Å². The molecule has 3 heteroatoms. The van der Waals surface area contributed by atoms with Crippen molar-refractivity contribution in [1.82, 2.24) is 0 Å². The third kappa shape index (κ3) is 10.9. The largest absolute Gasteiger partial charge is 1.00 e. The monoisotopic (exact) mass is 439 g/mol. The molecule has 0 amide bonds. The van der Waals surface area contributed by atoms with Crippen LogP contribution in [0.1, 0.15) is 61.8 Å². The first-order valence-corrected chi connectivity index (χ1v) is 11.8. The van der Waals surface area contributed by atoms with Crippen molar-refractivity contribution in [3.63, 3.8) is 0 Å². The van der Waals surface area contributed by atoms with E-state index in [2.05, 4.69) is 135 Å². The van der Waals surface area contributed by atoms with Crippen molar-refractivity contribution in [2.75, 3.05) is 0 Å². The Labute approximate surface area is 249 Å². The van der Waals surface area contributed by atoms with E-state index in [1.165, 1.54) is 46.9 Å². The molecule has 0 unspecified atom stereocenters. The second-order valence-corrected chi connectivity index (χ2v) is 7.92. The summed E-state index contributed by atoms with van der Waals surface area (Å²) in [5, 5.41) is 0. The minimum Gasteiger partial charge on any atom is -0.120 e. The molecular weight excluding hydrogens is 405 g/mol.